The Morgan fingerprint density at radius 2 is 2.00 bits per heavy atom. The minimum atomic E-state index is -0.434. The van der Waals surface area contributed by atoms with Gasteiger partial charge in [0, 0.05) is 19.2 Å². The summed E-state index contributed by atoms with van der Waals surface area (Å²) in [4.78, 5) is 17.0. The average Bonchev–Trinajstić information content (AvgIpc) is 2.84. The summed E-state index contributed by atoms with van der Waals surface area (Å²) in [6.45, 7) is 8.54. The summed E-state index contributed by atoms with van der Waals surface area (Å²) in [7, 11) is 1.56. The Kier molecular flexibility index (Phi) is 9.23. The second kappa shape index (κ2) is 11.9. The molecular formula is C25H32N4O3. The van der Waals surface area contributed by atoms with Crippen molar-refractivity contribution in [1.82, 2.24) is 4.90 Å². The van der Waals surface area contributed by atoms with Gasteiger partial charge < -0.3 is 15.2 Å². The van der Waals surface area contributed by atoms with Crippen LogP contribution in [0.3, 0.4) is 0 Å². The highest BCUT2D eigenvalue weighted by molar-refractivity contribution is 5.87. The number of nitrogens with two attached hydrogens (primary N) is 1. The lowest BCUT2D eigenvalue weighted by molar-refractivity contribution is -0.114. The van der Waals surface area contributed by atoms with Crippen LogP contribution in [-0.4, -0.2) is 43.1 Å². The van der Waals surface area contributed by atoms with Crippen molar-refractivity contribution in [3.8, 4) is 22.9 Å². The lowest BCUT2D eigenvalue weighted by Gasteiger charge is -2.36. The van der Waals surface area contributed by atoms with Crippen LogP contribution in [0.1, 0.15) is 51.3 Å². The molecule has 0 bridgehead atoms. The van der Waals surface area contributed by atoms with Crippen LogP contribution < -0.4 is 10.5 Å². The summed E-state index contributed by atoms with van der Waals surface area (Å²) in [6, 6.07) is 15.0. The van der Waals surface area contributed by atoms with Crippen LogP contribution in [0.2, 0.25) is 0 Å². The van der Waals surface area contributed by atoms with Crippen LogP contribution in [0.5, 0.6) is 5.75 Å². The Morgan fingerprint density at radius 1 is 1.28 bits per heavy atom. The SMILES string of the molecule is CC.CCCO[C@@H]1[C@H](C)Oc2ccc(-c3cccc(C#N)c3)cc2[C@@H]1N=C(N)N(C)C=O. The number of guanidine groups is 1. The Labute approximate surface area is 190 Å². The van der Waals surface area contributed by atoms with Gasteiger partial charge in [0.2, 0.25) is 6.41 Å². The number of benzene rings is 2. The van der Waals surface area contributed by atoms with Crippen molar-refractivity contribution in [3.63, 3.8) is 0 Å². The Hall–Kier alpha value is -3.37. The van der Waals surface area contributed by atoms with Gasteiger partial charge >= 0.3 is 0 Å². The van der Waals surface area contributed by atoms with E-state index in [-0.39, 0.29) is 18.2 Å². The molecule has 1 amide bonds. The zero-order valence-corrected chi connectivity index (χ0v) is 19.4. The van der Waals surface area contributed by atoms with Crippen LogP contribution in [0.25, 0.3) is 11.1 Å². The van der Waals surface area contributed by atoms with Crippen LogP contribution in [0, 0.1) is 11.3 Å². The monoisotopic (exact) mass is 436 g/mol. The molecule has 0 saturated carbocycles. The number of rotatable bonds is 6. The van der Waals surface area contributed by atoms with Gasteiger partial charge in [-0.15, -0.1) is 0 Å². The third kappa shape index (κ3) is 5.65. The van der Waals surface area contributed by atoms with E-state index >= 15 is 0 Å². The summed E-state index contributed by atoms with van der Waals surface area (Å²) in [6.07, 6.45) is 0.891. The maximum atomic E-state index is 11.1. The normalized spacial score (nSPS) is 19.5. The topological polar surface area (TPSA) is 101 Å². The fourth-order valence-corrected chi connectivity index (χ4v) is 3.45. The molecule has 2 aromatic carbocycles. The van der Waals surface area contributed by atoms with Crippen LogP contribution in [0.15, 0.2) is 47.5 Å². The van der Waals surface area contributed by atoms with Gasteiger partial charge in [0.1, 0.15) is 24.0 Å². The molecule has 7 nitrogen and oxygen atoms in total. The molecule has 0 unspecified atom stereocenters. The molecule has 1 aliphatic rings. The molecule has 2 aromatic rings. The van der Waals surface area contributed by atoms with Gasteiger partial charge in [0.25, 0.3) is 0 Å². The predicted octanol–water partition coefficient (Wildman–Crippen LogP) is 4.27. The van der Waals surface area contributed by atoms with Gasteiger partial charge in [0.15, 0.2) is 5.96 Å². The first-order chi connectivity index (χ1) is 15.5. The van der Waals surface area contributed by atoms with Crippen molar-refractivity contribution in [3.05, 3.63) is 53.6 Å². The molecule has 1 heterocycles. The molecule has 2 N–H and O–H groups in total. The Bertz CT molecular complexity index is 983. The first-order valence-corrected chi connectivity index (χ1v) is 10.9. The first-order valence-electron chi connectivity index (χ1n) is 10.9. The maximum absolute atomic E-state index is 11.1. The van der Waals surface area contributed by atoms with Gasteiger partial charge in [-0.25, -0.2) is 4.99 Å². The Balaban J connectivity index is 0.00000176. The fourth-order valence-electron chi connectivity index (χ4n) is 3.45. The molecule has 1 aliphatic heterocycles. The first kappa shape index (κ1) is 24.9. The number of carbonyl (C=O) groups excluding carboxylic acids is 1. The standard InChI is InChI=1S/C23H26N4O3.C2H6/c1-4-10-29-22-15(2)30-20-9-8-18(17-7-5-6-16(11-17)13-24)12-19(20)21(22)26-23(25)27(3)14-28;1-2/h5-9,11-12,14-15,21-22H,4,10H2,1-3H3,(H2,25,26);1-2H3/t15-,21-,22+;/m0./s1. The highest BCUT2D eigenvalue weighted by atomic mass is 16.5. The molecule has 0 radical (unpaired) electrons. The van der Waals surface area contributed by atoms with Gasteiger partial charge in [0.05, 0.1) is 11.6 Å². The average molecular weight is 437 g/mol. The Morgan fingerprint density at radius 3 is 2.66 bits per heavy atom. The molecule has 0 saturated heterocycles. The van der Waals surface area contributed by atoms with Crippen molar-refractivity contribution in [2.45, 2.75) is 52.4 Å². The van der Waals surface area contributed by atoms with E-state index in [0.29, 0.717) is 24.3 Å². The second-order valence-corrected chi connectivity index (χ2v) is 7.25. The van der Waals surface area contributed by atoms with Gasteiger partial charge in [-0.1, -0.05) is 39.0 Å². The molecule has 3 rings (SSSR count). The molecule has 3 atom stereocenters. The third-order valence-corrected chi connectivity index (χ3v) is 5.05. The van der Waals surface area contributed by atoms with Gasteiger partial charge in [-0.05, 0) is 48.7 Å². The number of ether oxygens (including phenoxy) is 2. The molecule has 0 aromatic heterocycles. The molecule has 0 spiro atoms. The minimum absolute atomic E-state index is 0.108. The molecular weight excluding hydrogens is 404 g/mol. The van der Waals surface area contributed by atoms with E-state index in [1.807, 2.05) is 64.1 Å². The fraction of sp³-hybridized carbons (Fsp3) is 0.400. The third-order valence-electron chi connectivity index (χ3n) is 5.05. The van der Waals surface area contributed by atoms with E-state index in [2.05, 4.69) is 11.1 Å². The minimum Gasteiger partial charge on any atom is -0.488 e. The highest BCUT2D eigenvalue weighted by Crippen LogP contribution is 2.41. The van der Waals surface area contributed by atoms with E-state index in [4.69, 9.17) is 15.2 Å². The van der Waals surface area contributed by atoms with E-state index in [0.717, 1.165) is 23.1 Å². The molecule has 0 aliphatic carbocycles. The number of hydrogen-bond donors (Lipinski definition) is 1. The van der Waals surface area contributed by atoms with Crippen LogP contribution in [-0.2, 0) is 9.53 Å². The lowest BCUT2D eigenvalue weighted by atomic mass is 9.91. The smallest absolute Gasteiger partial charge is 0.216 e. The summed E-state index contributed by atoms with van der Waals surface area (Å²) in [5, 5.41) is 9.21. The lowest BCUT2D eigenvalue weighted by Crippen LogP contribution is -2.42. The summed E-state index contributed by atoms with van der Waals surface area (Å²) in [5.74, 6) is 0.811. The number of hydrogen-bond acceptors (Lipinski definition) is 5. The number of nitriles is 1. The summed E-state index contributed by atoms with van der Waals surface area (Å²) in [5.41, 5.74) is 9.32. The summed E-state index contributed by atoms with van der Waals surface area (Å²) < 4.78 is 12.2. The predicted molar refractivity (Wildman–Crippen MR) is 126 cm³/mol. The number of fused-ring (bicyclic) bond motifs is 1. The van der Waals surface area contributed by atoms with Crippen molar-refractivity contribution in [2.75, 3.05) is 13.7 Å². The quantitative estimate of drug-likeness (QED) is 0.414. The van der Waals surface area contributed by atoms with Crippen molar-refractivity contribution >= 4 is 12.4 Å². The molecule has 32 heavy (non-hydrogen) atoms. The van der Waals surface area contributed by atoms with Gasteiger partial charge in [-0.2, -0.15) is 5.26 Å². The van der Waals surface area contributed by atoms with E-state index < -0.39 is 6.04 Å². The van der Waals surface area contributed by atoms with E-state index in [1.165, 1.54) is 4.90 Å². The number of aliphatic imine (C=N–C) groups is 1. The highest BCUT2D eigenvalue weighted by Gasteiger charge is 2.37. The zero-order valence-electron chi connectivity index (χ0n) is 19.4. The number of amides is 1. The summed E-state index contributed by atoms with van der Waals surface area (Å²) >= 11 is 0. The molecule has 0 fully saturated rings. The molecule has 170 valence electrons. The molecule has 7 heteroatoms. The van der Waals surface area contributed by atoms with E-state index in [9.17, 15) is 10.1 Å². The van der Waals surface area contributed by atoms with Crippen molar-refractivity contribution < 1.29 is 14.3 Å². The second-order valence-electron chi connectivity index (χ2n) is 7.25. The van der Waals surface area contributed by atoms with E-state index in [1.54, 1.807) is 13.1 Å². The largest absolute Gasteiger partial charge is 0.488 e. The van der Waals surface area contributed by atoms with Gasteiger partial charge in [-0.3, -0.25) is 9.69 Å². The zero-order chi connectivity index (χ0) is 23.7. The van der Waals surface area contributed by atoms with Crippen LogP contribution in [0.4, 0.5) is 0 Å². The maximum Gasteiger partial charge on any atom is 0.216 e. The van der Waals surface area contributed by atoms with Crippen molar-refractivity contribution in [2.24, 2.45) is 10.7 Å². The van der Waals surface area contributed by atoms with Crippen molar-refractivity contribution in [1.29, 1.82) is 5.26 Å². The van der Waals surface area contributed by atoms with Crippen LogP contribution >= 0.6 is 0 Å². The number of nitrogens with zero attached hydrogens (tertiary/aromatic N) is 3. The number of carbonyl (C=O) groups is 1.